The van der Waals surface area contributed by atoms with Gasteiger partial charge in [-0.25, -0.2) is 0 Å². The molecule has 0 aromatic heterocycles. The first kappa shape index (κ1) is 8.97. The molecule has 0 bridgehead atoms. The van der Waals surface area contributed by atoms with Gasteiger partial charge in [0, 0.05) is 0 Å². The lowest BCUT2D eigenvalue weighted by Gasteiger charge is -2.22. The molecule has 2 atom stereocenters. The lowest BCUT2D eigenvalue weighted by molar-refractivity contribution is 0.194. The van der Waals surface area contributed by atoms with Gasteiger partial charge in [0.15, 0.2) is 8.32 Å². The monoisotopic (exact) mass is 172 g/mol. The van der Waals surface area contributed by atoms with Gasteiger partial charge in [-0.15, -0.1) is 6.58 Å². The van der Waals surface area contributed by atoms with E-state index in [1.807, 2.05) is 6.08 Å². The van der Waals surface area contributed by atoms with Gasteiger partial charge in [0.05, 0.1) is 12.7 Å². The molecule has 2 nitrogen and oxygen atoms in total. The molecule has 0 spiro atoms. The van der Waals surface area contributed by atoms with Crippen molar-refractivity contribution in [1.29, 1.82) is 0 Å². The van der Waals surface area contributed by atoms with E-state index in [2.05, 4.69) is 26.2 Å². The predicted octanol–water partition coefficient (Wildman–Crippen LogP) is 1.79. The molecule has 0 saturated carbocycles. The number of epoxide rings is 1. The van der Waals surface area contributed by atoms with E-state index in [9.17, 15) is 0 Å². The summed E-state index contributed by atoms with van der Waals surface area (Å²) in [7, 11) is -1.42. The highest BCUT2D eigenvalue weighted by Gasteiger charge is 2.34. The molecule has 11 heavy (non-hydrogen) atoms. The summed E-state index contributed by atoms with van der Waals surface area (Å²) < 4.78 is 10.9. The van der Waals surface area contributed by atoms with Gasteiger partial charge in [-0.1, -0.05) is 6.08 Å². The van der Waals surface area contributed by atoms with Crippen molar-refractivity contribution in [2.24, 2.45) is 0 Å². The van der Waals surface area contributed by atoms with Crippen LogP contribution >= 0.6 is 0 Å². The van der Waals surface area contributed by atoms with E-state index in [0.717, 1.165) is 6.61 Å². The Balaban J connectivity index is 2.37. The van der Waals surface area contributed by atoms with Crippen LogP contribution < -0.4 is 0 Å². The highest BCUT2D eigenvalue weighted by molar-refractivity contribution is 6.69. The number of rotatable bonds is 4. The van der Waals surface area contributed by atoms with Crippen molar-refractivity contribution in [1.82, 2.24) is 0 Å². The van der Waals surface area contributed by atoms with Gasteiger partial charge in [-0.3, -0.25) is 0 Å². The molecule has 1 rings (SSSR count). The van der Waals surface area contributed by atoms with E-state index in [1.54, 1.807) is 0 Å². The fraction of sp³-hybridized carbons (Fsp3) is 0.750. The van der Waals surface area contributed by atoms with E-state index in [0.29, 0.717) is 6.10 Å². The summed E-state index contributed by atoms with van der Waals surface area (Å²) in [4.78, 5) is 0. The van der Waals surface area contributed by atoms with Gasteiger partial charge in [-0.2, -0.15) is 0 Å². The molecule has 0 N–H and O–H groups in total. The Morgan fingerprint density at radius 3 is 2.45 bits per heavy atom. The average Bonchev–Trinajstić information content (AvgIpc) is 2.61. The minimum Gasteiger partial charge on any atom is -0.409 e. The van der Waals surface area contributed by atoms with Gasteiger partial charge >= 0.3 is 0 Å². The molecule has 0 unspecified atom stereocenters. The van der Waals surface area contributed by atoms with Crippen LogP contribution in [0.5, 0.6) is 0 Å². The maximum Gasteiger partial charge on any atom is 0.184 e. The molecular formula is C8H16O2Si. The van der Waals surface area contributed by atoms with Crippen LogP contribution in [0.3, 0.4) is 0 Å². The summed E-state index contributed by atoms with van der Waals surface area (Å²) in [5.74, 6) is 0. The first-order valence-corrected chi connectivity index (χ1v) is 7.36. The zero-order valence-corrected chi connectivity index (χ0v) is 8.46. The maximum atomic E-state index is 5.81. The smallest absolute Gasteiger partial charge is 0.184 e. The molecular weight excluding hydrogens is 156 g/mol. The minimum atomic E-state index is -1.42. The maximum absolute atomic E-state index is 5.81. The second kappa shape index (κ2) is 3.09. The van der Waals surface area contributed by atoms with Crippen LogP contribution in [-0.4, -0.2) is 27.1 Å². The third kappa shape index (κ3) is 3.18. The van der Waals surface area contributed by atoms with Crippen molar-refractivity contribution < 1.29 is 9.16 Å². The largest absolute Gasteiger partial charge is 0.409 e. The quantitative estimate of drug-likeness (QED) is 0.366. The number of ether oxygens (including phenoxy) is 1. The lowest BCUT2D eigenvalue weighted by Crippen LogP contribution is -2.33. The summed E-state index contributed by atoms with van der Waals surface area (Å²) in [6, 6.07) is 0. The normalized spacial score (nSPS) is 26.3. The molecule has 0 aliphatic carbocycles. The van der Waals surface area contributed by atoms with Crippen molar-refractivity contribution in [2.45, 2.75) is 31.8 Å². The van der Waals surface area contributed by atoms with E-state index < -0.39 is 8.32 Å². The fourth-order valence-electron chi connectivity index (χ4n) is 0.929. The second-order valence-electron chi connectivity index (χ2n) is 3.80. The standard InChI is InChI=1S/C8H16O2Si/c1-5-7(8-6-9-8)10-11(2,3)4/h5,7-8H,1,6H2,2-4H3/t7-,8+/m0/s1. The molecule has 1 aliphatic heterocycles. The summed E-state index contributed by atoms with van der Waals surface area (Å²) in [6.45, 7) is 11.1. The van der Waals surface area contributed by atoms with Crippen LogP contribution in [0.4, 0.5) is 0 Å². The highest BCUT2D eigenvalue weighted by Crippen LogP contribution is 2.21. The molecule has 1 aliphatic rings. The Morgan fingerprint density at radius 2 is 2.18 bits per heavy atom. The van der Waals surface area contributed by atoms with Crippen LogP contribution in [0.1, 0.15) is 0 Å². The van der Waals surface area contributed by atoms with Crippen LogP contribution in [-0.2, 0) is 9.16 Å². The first-order chi connectivity index (χ1) is 5.03. The Morgan fingerprint density at radius 1 is 1.64 bits per heavy atom. The van der Waals surface area contributed by atoms with E-state index in [-0.39, 0.29) is 6.10 Å². The third-order valence-corrected chi connectivity index (χ3v) is 2.43. The summed E-state index contributed by atoms with van der Waals surface area (Å²) in [6.07, 6.45) is 2.26. The third-order valence-electron chi connectivity index (χ3n) is 1.45. The van der Waals surface area contributed by atoms with Crippen molar-refractivity contribution >= 4 is 8.32 Å². The van der Waals surface area contributed by atoms with Crippen molar-refractivity contribution in [3.8, 4) is 0 Å². The molecule has 1 saturated heterocycles. The molecule has 0 amide bonds. The first-order valence-electron chi connectivity index (χ1n) is 3.95. The van der Waals surface area contributed by atoms with E-state index >= 15 is 0 Å². The molecule has 0 radical (unpaired) electrons. The van der Waals surface area contributed by atoms with Gasteiger partial charge in [-0.05, 0) is 19.6 Å². The van der Waals surface area contributed by atoms with E-state index in [1.165, 1.54) is 0 Å². The van der Waals surface area contributed by atoms with Crippen molar-refractivity contribution in [3.63, 3.8) is 0 Å². The minimum absolute atomic E-state index is 0.127. The summed E-state index contributed by atoms with van der Waals surface area (Å²) in [5, 5.41) is 0. The van der Waals surface area contributed by atoms with Crippen LogP contribution in [0.25, 0.3) is 0 Å². The van der Waals surface area contributed by atoms with Crippen LogP contribution in [0.15, 0.2) is 12.7 Å². The topological polar surface area (TPSA) is 21.8 Å². The zero-order valence-electron chi connectivity index (χ0n) is 7.46. The predicted molar refractivity (Wildman–Crippen MR) is 48.2 cm³/mol. The van der Waals surface area contributed by atoms with Crippen LogP contribution in [0, 0.1) is 0 Å². The van der Waals surface area contributed by atoms with Gasteiger partial charge in [0.1, 0.15) is 6.10 Å². The number of hydrogen-bond acceptors (Lipinski definition) is 2. The van der Waals surface area contributed by atoms with Gasteiger partial charge in [0.25, 0.3) is 0 Å². The van der Waals surface area contributed by atoms with Crippen LogP contribution in [0.2, 0.25) is 19.6 Å². The molecule has 1 heterocycles. The Bertz CT molecular complexity index is 147. The molecule has 64 valence electrons. The summed E-state index contributed by atoms with van der Waals surface area (Å²) in [5.41, 5.74) is 0. The van der Waals surface area contributed by atoms with E-state index in [4.69, 9.17) is 9.16 Å². The molecule has 3 heteroatoms. The lowest BCUT2D eigenvalue weighted by atomic mass is 10.3. The Hall–Kier alpha value is -0.123. The second-order valence-corrected chi connectivity index (χ2v) is 8.26. The Labute approximate surface area is 69.3 Å². The zero-order chi connectivity index (χ0) is 8.48. The fourth-order valence-corrected chi connectivity index (χ4v) is 1.99. The average molecular weight is 172 g/mol. The highest BCUT2D eigenvalue weighted by atomic mass is 28.4. The van der Waals surface area contributed by atoms with Gasteiger partial charge < -0.3 is 9.16 Å². The molecule has 0 aromatic rings. The Kier molecular flexibility index (Phi) is 2.52. The van der Waals surface area contributed by atoms with Crippen molar-refractivity contribution in [3.05, 3.63) is 12.7 Å². The summed E-state index contributed by atoms with van der Waals surface area (Å²) >= 11 is 0. The SMILES string of the molecule is C=C[C@H](O[Si](C)(C)C)[C@H]1CO1. The van der Waals surface area contributed by atoms with Gasteiger partial charge in [0.2, 0.25) is 0 Å². The molecule has 1 fully saturated rings. The van der Waals surface area contributed by atoms with Crippen molar-refractivity contribution in [2.75, 3.05) is 6.61 Å². The molecule has 0 aromatic carbocycles. The number of hydrogen-bond donors (Lipinski definition) is 0.